The van der Waals surface area contributed by atoms with Gasteiger partial charge in [-0.1, -0.05) is 29.8 Å². The van der Waals surface area contributed by atoms with Crippen molar-refractivity contribution < 1.29 is 17.6 Å². The third-order valence-corrected chi connectivity index (χ3v) is 8.09. The molecule has 2 heterocycles. The van der Waals surface area contributed by atoms with Gasteiger partial charge < -0.3 is 9.80 Å². The average molecular weight is 461 g/mol. The van der Waals surface area contributed by atoms with Gasteiger partial charge in [0.15, 0.2) is 0 Å². The maximum absolute atomic E-state index is 14.0. The first-order valence-electron chi connectivity index (χ1n) is 10.9. The fourth-order valence-electron chi connectivity index (χ4n) is 4.18. The molecule has 2 aromatic carbocycles. The first kappa shape index (κ1) is 22.7. The number of carbonyl (C=O) groups is 1. The van der Waals surface area contributed by atoms with Crippen LogP contribution >= 0.6 is 0 Å². The SMILES string of the molecule is Cc1ccc(S(=O)(=O)N2CCN(CC(=O)N3CCN(c4ccccc4F)CC3)CC2)cc1. The second kappa shape index (κ2) is 9.56. The van der Waals surface area contributed by atoms with Gasteiger partial charge in [0.2, 0.25) is 15.9 Å². The quantitative estimate of drug-likeness (QED) is 0.681. The molecule has 2 saturated heterocycles. The molecule has 0 spiro atoms. The topological polar surface area (TPSA) is 64.2 Å². The molecule has 2 aromatic rings. The minimum atomic E-state index is -3.51. The number of hydrogen-bond acceptors (Lipinski definition) is 5. The molecule has 2 aliphatic heterocycles. The Kier molecular flexibility index (Phi) is 6.78. The van der Waals surface area contributed by atoms with Crippen LogP contribution in [0, 0.1) is 12.7 Å². The fourth-order valence-corrected chi connectivity index (χ4v) is 5.61. The Morgan fingerprint density at radius 3 is 2.12 bits per heavy atom. The zero-order valence-electron chi connectivity index (χ0n) is 18.3. The van der Waals surface area contributed by atoms with Crippen LogP contribution in [0.25, 0.3) is 0 Å². The standard InChI is InChI=1S/C23H29FN4O3S/c1-19-6-8-20(9-7-19)32(30,31)28-16-10-25(11-17-28)18-23(29)27-14-12-26(13-15-27)22-5-3-2-4-21(22)24/h2-9H,10-18H2,1H3. The van der Waals surface area contributed by atoms with Crippen LogP contribution in [0.4, 0.5) is 10.1 Å². The van der Waals surface area contributed by atoms with Crippen LogP contribution in [0.2, 0.25) is 0 Å². The molecule has 0 bridgehead atoms. The Morgan fingerprint density at radius 2 is 1.50 bits per heavy atom. The zero-order chi connectivity index (χ0) is 22.7. The molecular formula is C23H29FN4O3S. The largest absolute Gasteiger partial charge is 0.366 e. The monoisotopic (exact) mass is 460 g/mol. The van der Waals surface area contributed by atoms with Gasteiger partial charge in [-0.15, -0.1) is 0 Å². The van der Waals surface area contributed by atoms with E-state index in [0.29, 0.717) is 62.9 Å². The number of benzene rings is 2. The fraction of sp³-hybridized carbons (Fsp3) is 0.435. The van der Waals surface area contributed by atoms with Gasteiger partial charge in [0.25, 0.3) is 0 Å². The summed E-state index contributed by atoms with van der Waals surface area (Å²) in [5.41, 5.74) is 1.59. The zero-order valence-corrected chi connectivity index (χ0v) is 19.1. The number of carbonyl (C=O) groups excluding carboxylic acids is 1. The molecule has 172 valence electrons. The van der Waals surface area contributed by atoms with E-state index in [2.05, 4.69) is 0 Å². The van der Waals surface area contributed by atoms with Crippen molar-refractivity contribution >= 4 is 21.6 Å². The Balaban J connectivity index is 1.26. The third kappa shape index (κ3) is 4.95. The summed E-state index contributed by atoms with van der Waals surface area (Å²) in [7, 11) is -3.51. The lowest BCUT2D eigenvalue weighted by atomic mass is 10.2. The minimum absolute atomic E-state index is 0.0352. The molecular weight excluding hydrogens is 431 g/mol. The average Bonchev–Trinajstić information content (AvgIpc) is 2.80. The summed E-state index contributed by atoms with van der Waals surface area (Å²) in [5, 5.41) is 0. The van der Waals surface area contributed by atoms with E-state index in [0.717, 1.165) is 5.56 Å². The molecule has 0 N–H and O–H groups in total. The summed E-state index contributed by atoms with van der Waals surface area (Å²) in [6, 6.07) is 13.6. The van der Waals surface area contributed by atoms with Crippen molar-refractivity contribution in [2.75, 3.05) is 63.8 Å². The maximum Gasteiger partial charge on any atom is 0.243 e. The molecule has 1 amide bonds. The third-order valence-electron chi connectivity index (χ3n) is 6.17. The van der Waals surface area contributed by atoms with Crippen LogP contribution in [0.3, 0.4) is 0 Å². The van der Waals surface area contributed by atoms with Gasteiger partial charge in [0.05, 0.1) is 17.1 Å². The summed E-state index contributed by atoms with van der Waals surface area (Å²) in [4.78, 5) is 18.9. The Hall–Kier alpha value is -2.49. The van der Waals surface area contributed by atoms with Crippen molar-refractivity contribution in [3.63, 3.8) is 0 Å². The van der Waals surface area contributed by atoms with E-state index in [1.807, 2.05) is 27.7 Å². The number of amides is 1. The summed E-state index contributed by atoms with van der Waals surface area (Å²) < 4.78 is 41.2. The predicted molar refractivity (Wildman–Crippen MR) is 122 cm³/mol. The molecule has 2 fully saturated rings. The van der Waals surface area contributed by atoms with Gasteiger partial charge >= 0.3 is 0 Å². The van der Waals surface area contributed by atoms with Gasteiger partial charge in [0.1, 0.15) is 5.82 Å². The van der Waals surface area contributed by atoms with E-state index < -0.39 is 10.0 Å². The van der Waals surface area contributed by atoms with Gasteiger partial charge in [-0.3, -0.25) is 9.69 Å². The van der Waals surface area contributed by atoms with Gasteiger partial charge in [-0.2, -0.15) is 4.31 Å². The van der Waals surface area contributed by atoms with Gasteiger partial charge in [-0.05, 0) is 31.2 Å². The number of nitrogens with zero attached hydrogens (tertiary/aromatic N) is 4. The summed E-state index contributed by atoms with van der Waals surface area (Å²) >= 11 is 0. The van der Waals surface area contributed by atoms with Crippen molar-refractivity contribution in [1.82, 2.24) is 14.1 Å². The Labute approximate surface area is 189 Å². The molecule has 4 rings (SSSR count). The van der Waals surface area contributed by atoms with Crippen molar-refractivity contribution in [1.29, 1.82) is 0 Å². The lowest BCUT2D eigenvalue weighted by Gasteiger charge is -2.38. The second-order valence-corrected chi connectivity index (χ2v) is 10.3. The first-order chi connectivity index (χ1) is 15.3. The van der Waals surface area contributed by atoms with Crippen LogP contribution in [0.5, 0.6) is 0 Å². The smallest absolute Gasteiger partial charge is 0.243 e. The lowest BCUT2D eigenvalue weighted by Crippen LogP contribution is -2.54. The van der Waals surface area contributed by atoms with Gasteiger partial charge in [0, 0.05) is 52.4 Å². The van der Waals surface area contributed by atoms with Crippen molar-refractivity contribution in [3.05, 3.63) is 59.9 Å². The Morgan fingerprint density at radius 1 is 0.875 bits per heavy atom. The van der Waals surface area contributed by atoms with Crippen LogP contribution in [-0.4, -0.2) is 87.3 Å². The summed E-state index contributed by atoms with van der Waals surface area (Å²) in [5.74, 6) is -0.209. The number of para-hydroxylation sites is 1. The van der Waals surface area contributed by atoms with Crippen LogP contribution in [0.15, 0.2) is 53.4 Å². The first-order valence-corrected chi connectivity index (χ1v) is 12.3. The van der Waals surface area contributed by atoms with E-state index >= 15 is 0 Å². The number of anilines is 1. The number of hydrogen-bond donors (Lipinski definition) is 0. The highest BCUT2D eigenvalue weighted by molar-refractivity contribution is 7.89. The molecule has 9 heteroatoms. The highest BCUT2D eigenvalue weighted by atomic mass is 32.2. The molecule has 0 aromatic heterocycles. The maximum atomic E-state index is 14.0. The lowest BCUT2D eigenvalue weighted by molar-refractivity contribution is -0.133. The molecule has 0 aliphatic carbocycles. The molecule has 0 unspecified atom stereocenters. The van der Waals surface area contributed by atoms with E-state index in [4.69, 9.17) is 0 Å². The molecule has 0 saturated carbocycles. The summed E-state index contributed by atoms with van der Waals surface area (Å²) in [6.45, 7) is 6.26. The highest BCUT2D eigenvalue weighted by Crippen LogP contribution is 2.21. The number of halogens is 1. The van der Waals surface area contributed by atoms with Crippen LogP contribution < -0.4 is 4.90 Å². The number of piperazine rings is 2. The van der Waals surface area contributed by atoms with E-state index in [-0.39, 0.29) is 18.3 Å². The number of aryl methyl sites for hydroxylation is 1. The molecule has 2 aliphatic rings. The van der Waals surface area contributed by atoms with Crippen molar-refractivity contribution in [3.8, 4) is 0 Å². The number of sulfonamides is 1. The second-order valence-electron chi connectivity index (χ2n) is 8.31. The normalized spacial score (nSPS) is 18.7. The van der Waals surface area contributed by atoms with E-state index in [1.54, 1.807) is 36.4 Å². The molecule has 0 atom stereocenters. The van der Waals surface area contributed by atoms with E-state index in [9.17, 15) is 17.6 Å². The van der Waals surface area contributed by atoms with Crippen LogP contribution in [-0.2, 0) is 14.8 Å². The summed E-state index contributed by atoms with van der Waals surface area (Å²) in [6.07, 6.45) is 0. The molecule has 0 radical (unpaired) electrons. The van der Waals surface area contributed by atoms with Crippen molar-refractivity contribution in [2.45, 2.75) is 11.8 Å². The van der Waals surface area contributed by atoms with Gasteiger partial charge in [-0.25, -0.2) is 12.8 Å². The van der Waals surface area contributed by atoms with Crippen molar-refractivity contribution in [2.24, 2.45) is 0 Å². The minimum Gasteiger partial charge on any atom is -0.366 e. The van der Waals surface area contributed by atoms with E-state index in [1.165, 1.54) is 10.4 Å². The predicted octanol–water partition coefficient (Wildman–Crippen LogP) is 1.79. The molecule has 7 nitrogen and oxygen atoms in total. The van der Waals surface area contributed by atoms with Crippen LogP contribution in [0.1, 0.15) is 5.56 Å². The molecule has 32 heavy (non-hydrogen) atoms. The number of rotatable bonds is 5. The Bertz CT molecular complexity index is 1050. The highest BCUT2D eigenvalue weighted by Gasteiger charge is 2.30.